The zero-order chi connectivity index (χ0) is 23.4. The number of rotatable bonds is 3. The van der Waals surface area contributed by atoms with Crippen molar-refractivity contribution in [1.82, 2.24) is 9.80 Å². The second-order valence-corrected chi connectivity index (χ2v) is 11.1. The lowest BCUT2D eigenvalue weighted by Gasteiger charge is -2.47. The molecule has 2 amide bonds. The molecule has 4 aliphatic heterocycles. The third kappa shape index (κ3) is 3.53. The molecule has 0 N–H and O–H groups in total. The molecule has 6 nitrogen and oxygen atoms in total. The molecule has 4 fully saturated rings. The SMILES string of the molecule is CCOC(=O)N1C2CCC1CC(N1CCC3(CC1)CN(C(=O)C1CCC1)c1ccc(F)cc13)C2. The molecule has 1 aromatic rings. The molecular weight excluding hydrogens is 433 g/mol. The first-order chi connectivity index (χ1) is 16.5. The fraction of sp³-hybridized carbons (Fsp3) is 0.704. The Morgan fingerprint density at radius 1 is 1.06 bits per heavy atom. The summed E-state index contributed by atoms with van der Waals surface area (Å²) in [6.45, 7) is 4.91. The van der Waals surface area contributed by atoms with E-state index in [4.69, 9.17) is 4.74 Å². The molecule has 1 saturated carbocycles. The van der Waals surface area contributed by atoms with Gasteiger partial charge < -0.3 is 19.4 Å². The second kappa shape index (κ2) is 8.51. The number of halogens is 1. The summed E-state index contributed by atoms with van der Waals surface area (Å²) in [7, 11) is 0. The van der Waals surface area contributed by atoms with Crippen molar-refractivity contribution in [3.63, 3.8) is 0 Å². The van der Waals surface area contributed by atoms with Crippen molar-refractivity contribution < 1.29 is 18.7 Å². The van der Waals surface area contributed by atoms with Crippen molar-refractivity contribution >= 4 is 17.7 Å². The van der Waals surface area contributed by atoms with Gasteiger partial charge in [0, 0.05) is 41.7 Å². The minimum absolute atomic E-state index is 0.141. The molecule has 2 unspecified atom stereocenters. The number of ether oxygens (including phenoxy) is 1. The van der Waals surface area contributed by atoms with Gasteiger partial charge in [-0.15, -0.1) is 0 Å². The number of amides is 2. The molecule has 2 atom stereocenters. The Bertz CT molecular complexity index is 958. The van der Waals surface area contributed by atoms with E-state index in [2.05, 4.69) is 4.90 Å². The number of nitrogens with zero attached hydrogens (tertiary/aromatic N) is 3. The van der Waals surface area contributed by atoms with Crippen LogP contribution in [0.2, 0.25) is 0 Å². The molecule has 5 aliphatic rings. The lowest BCUT2D eigenvalue weighted by Crippen LogP contribution is -2.55. The fourth-order valence-electron chi connectivity index (χ4n) is 7.40. The van der Waals surface area contributed by atoms with Gasteiger partial charge in [-0.05, 0) is 95.1 Å². The molecule has 1 aliphatic carbocycles. The molecule has 0 radical (unpaired) electrons. The molecule has 3 saturated heterocycles. The maximum Gasteiger partial charge on any atom is 0.410 e. The van der Waals surface area contributed by atoms with Crippen molar-refractivity contribution in [2.75, 3.05) is 31.1 Å². The van der Waals surface area contributed by atoms with E-state index in [9.17, 15) is 14.0 Å². The summed E-state index contributed by atoms with van der Waals surface area (Å²) >= 11 is 0. The number of likely N-dealkylation sites (tertiary alicyclic amines) is 1. The average Bonchev–Trinajstić information content (AvgIpc) is 3.24. The van der Waals surface area contributed by atoms with Gasteiger partial charge in [0.05, 0.1) is 6.61 Å². The number of carbonyl (C=O) groups is 2. The molecule has 4 heterocycles. The van der Waals surface area contributed by atoms with Crippen LogP contribution in [0.3, 0.4) is 0 Å². The van der Waals surface area contributed by atoms with E-state index in [0.717, 1.165) is 82.1 Å². The van der Waals surface area contributed by atoms with Crippen LogP contribution in [0.15, 0.2) is 18.2 Å². The average molecular weight is 470 g/mol. The van der Waals surface area contributed by atoms with E-state index in [1.807, 2.05) is 22.8 Å². The largest absolute Gasteiger partial charge is 0.450 e. The molecule has 1 spiro atoms. The number of fused-ring (bicyclic) bond motifs is 4. The monoisotopic (exact) mass is 469 g/mol. The van der Waals surface area contributed by atoms with Crippen LogP contribution in [-0.4, -0.2) is 66.2 Å². The zero-order valence-electron chi connectivity index (χ0n) is 20.2. The molecular formula is C27H36FN3O3. The quantitative estimate of drug-likeness (QED) is 0.656. The van der Waals surface area contributed by atoms with Gasteiger partial charge in [-0.1, -0.05) is 6.42 Å². The van der Waals surface area contributed by atoms with Crippen LogP contribution in [0, 0.1) is 11.7 Å². The van der Waals surface area contributed by atoms with Crippen molar-refractivity contribution in [2.45, 2.75) is 88.3 Å². The van der Waals surface area contributed by atoms with E-state index in [1.165, 1.54) is 6.07 Å². The van der Waals surface area contributed by atoms with Gasteiger partial charge in [0.1, 0.15) is 5.82 Å². The lowest BCUT2D eigenvalue weighted by atomic mass is 9.73. The third-order valence-electron chi connectivity index (χ3n) is 9.46. The number of piperidine rings is 2. The van der Waals surface area contributed by atoms with Gasteiger partial charge in [0.25, 0.3) is 0 Å². The lowest BCUT2D eigenvalue weighted by molar-refractivity contribution is -0.124. The summed E-state index contributed by atoms with van der Waals surface area (Å²) in [5.74, 6) is 0.177. The van der Waals surface area contributed by atoms with Crippen LogP contribution in [-0.2, 0) is 14.9 Å². The molecule has 0 aromatic heterocycles. The first-order valence-electron chi connectivity index (χ1n) is 13.3. The van der Waals surface area contributed by atoms with Crippen molar-refractivity contribution in [3.8, 4) is 0 Å². The number of hydrogen-bond donors (Lipinski definition) is 0. The van der Waals surface area contributed by atoms with E-state index < -0.39 is 0 Å². The Kier molecular flexibility index (Phi) is 5.58. The maximum atomic E-state index is 14.3. The Hall–Kier alpha value is -2.15. The van der Waals surface area contributed by atoms with Gasteiger partial charge in [-0.3, -0.25) is 4.79 Å². The van der Waals surface area contributed by atoms with Crippen LogP contribution in [0.5, 0.6) is 0 Å². The van der Waals surface area contributed by atoms with Gasteiger partial charge in [-0.2, -0.15) is 0 Å². The smallest absolute Gasteiger partial charge is 0.410 e. The highest BCUT2D eigenvalue weighted by atomic mass is 19.1. The van der Waals surface area contributed by atoms with E-state index in [-0.39, 0.29) is 41.2 Å². The first kappa shape index (κ1) is 22.3. The maximum absolute atomic E-state index is 14.3. The Morgan fingerprint density at radius 3 is 2.38 bits per heavy atom. The van der Waals surface area contributed by atoms with Gasteiger partial charge in [0.15, 0.2) is 0 Å². The highest BCUT2D eigenvalue weighted by Crippen LogP contribution is 2.49. The summed E-state index contributed by atoms with van der Waals surface area (Å²) in [6.07, 6.45) is 9.03. The van der Waals surface area contributed by atoms with Crippen LogP contribution in [0.4, 0.5) is 14.9 Å². The molecule has 7 heteroatoms. The van der Waals surface area contributed by atoms with Crippen molar-refractivity contribution in [2.24, 2.45) is 5.92 Å². The Labute approximate surface area is 201 Å². The van der Waals surface area contributed by atoms with Crippen LogP contribution < -0.4 is 4.90 Å². The highest BCUT2D eigenvalue weighted by Gasteiger charge is 2.50. The standard InChI is InChI=1S/C27H36FN3O3/c1-2-34-26(33)31-20-7-8-21(31)16-22(15-20)29-12-10-27(11-13-29)17-30(25(32)18-4-3-5-18)24-9-6-19(28)14-23(24)27/h6,9,14,18,20-22H,2-5,7-8,10-13,15-17H2,1H3. The number of hydrogen-bond acceptors (Lipinski definition) is 4. The molecule has 34 heavy (non-hydrogen) atoms. The van der Waals surface area contributed by atoms with Gasteiger partial charge in [0.2, 0.25) is 5.91 Å². The van der Waals surface area contributed by atoms with Crippen LogP contribution >= 0.6 is 0 Å². The topological polar surface area (TPSA) is 53.1 Å². The van der Waals surface area contributed by atoms with Gasteiger partial charge >= 0.3 is 6.09 Å². The Balaban J connectivity index is 1.16. The van der Waals surface area contributed by atoms with E-state index in [0.29, 0.717) is 19.2 Å². The fourth-order valence-corrected chi connectivity index (χ4v) is 7.40. The van der Waals surface area contributed by atoms with Crippen LogP contribution in [0.25, 0.3) is 0 Å². The minimum atomic E-state index is -0.207. The van der Waals surface area contributed by atoms with E-state index in [1.54, 1.807) is 6.07 Å². The first-order valence-corrected chi connectivity index (χ1v) is 13.3. The Morgan fingerprint density at radius 2 is 1.76 bits per heavy atom. The summed E-state index contributed by atoms with van der Waals surface area (Å²) in [4.78, 5) is 32.2. The predicted octanol–water partition coefficient (Wildman–Crippen LogP) is 4.46. The molecule has 6 rings (SSSR count). The van der Waals surface area contributed by atoms with Crippen LogP contribution in [0.1, 0.15) is 70.3 Å². The van der Waals surface area contributed by atoms with Gasteiger partial charge in [-0.25, -0.2) is 9.18 Å². The predicted molar refractivity (Wildman–Crippen MR) is 127 cm³/mol. The summed E-state index contributed by atoms with van der Waals surface area (Å²) in [6, 6.07) is 6.08. The molecule has 184 valence electrons. The molecule has 2 bridgehead atoms. The van der Waals surface area contributed by atoms with Crippen molar-refractivity contribution in [3.05, 3.63) is 29.6 Å². The minimum Gasteiger partial charge on any atom is -0.450 e. The normalized spacial score (nSPS) is 30.4. The third-order valence-corrected chi connectivity index (χ3v) is 9.46. The van der Waals surface area contributed by atoms with E-state index >= 15 is 0 Å². The number of anilines is 1. The highest BCUT2D eigenvalue weighted by molar-refractivity contribution is 5.98. The number of carbonyl (C=O) groups excluding carboxylic acids is 2. The summed E-state index contributed by atoms with van der Waals surface area (Å²) in [5.41, 5.74) is 1.84. The molecule has 1 aromatic carbocycles. The zero-order valence-corrected chi connectivity index (χ0v) is 20.2. The summed E-state index contributed by atoms with van der Waals surface area (Å²) in [5, 5.41) is 0. The van der Waals surface area contributed by atoms with Crippen molar-refractivity contribution in [1.29, 1.82) is 0 Å². The second-order valence-electron chi connectivity index (χ2n) is 11.1. The number of benzene rings is 1. The summed E-state index contributed by atoms with van der Waals surface area (Å²) < 4.78 is 19.6.